The molecule has 354 valence electrons. The SMILES string of the molecule is CC(=O)CCC(=O)OCC(CO[C@H]1[C@@H]2O[Si](C(C)C)(C(C)C)O[Si](C(C)C)(C(C)C)OC[C@H]2O[C@H]1n1ccc(=O)n(Sc2ccc([N+](=O)[O-])cc2[N+](=O)[O-])c1=O)OC(=O)CCC(C)=O. The lowest BCUT2D eigenvalue weighted by atomic mass is 10.1. The molecule has 0 spiro atoms. The van der Waals surface area contributed by atoms with E-state index in [1.165, 1.54) is 13.8 Å². The third kappa shape index (κ3) is 12.3. The largest absolute Gasteiger partial charge is 0.462 e. The van der Waals surface area contributed by atoms with Crippen LogP contribution >= 0.6 is 11.9 Å². The van der Waals surface area contributed by atoms with Crippen molar-refractivity contribution in [1.82, 2.24) is 8.54 Å². The smallest absolute Gasteiger partial charge is 0.343 e. The van der Waals surface area contributed by atoms with Crippen LogP contribution in [0, 0.1) is 20.2 Å². The van der Waals surface area contributed by atoms with E-state index >= 15 is 0 Å². The molecule has 2 aromatic rings. The van der Waals surface area contributed by atoms with Crippen LogP contribution in [-0.2, 0) is 51.1 Å². The van der Waals surface area contributed by atoms with Gasteiger partial charge in [-0.25, -0.2) is 4.79 Å². The number of nitro groups is 2. The molecule has 2 saturated heterocycles. The van der Waals surface area contributed by atoms with E-state index in [4.69, 9.17) is 31.9 Å². The van der Waals surface area contributed by atoms with E-state index in [-0.39, 0.29) is 70.9 Å². The van der Waals surface area contributed by atoms with E-state index in [0.717, 1.165) is 35.0 Å². The van der Waals surface area contributed by atoms with Crippen molar-refractivity contribution in [3.05, 3.63) is 71.5 Å². The lowest BCUT2D eigenvalue weighted by Crippen LogP contribution is -2.66. The first-order valence-corrected chi connectivity index (χ1v) is 25.7. The molecule has 0 radical (unpaired) electrons. The summed E-state index contributed by atoms with van der Waals surface area (Å²) in [6, 6.07) is 3.81. The van der Waals surface area contributed by atoms with E-state index in [9.17, 15) is 49.0 Å². The lowest BCUT2D eigenvalue weighted by Gasteiger charge is -2.51. The Bertz CT molecular complexity index is 2160. The predicted molar refractivity (Wildman–Crippen MR) is 234 cm³/mol. The number of rotatable bonds is 21. The summed E-state index contributed by atoms with van der Waals surface area (Å²) in [5.74, 6) is -2.04. The number of ketones is 2. The Balaban J connectivity index is 1.86. The van der Waals surface area contributed by atoms with Gasteiger partial charge in [-0.15, -0.1) is 0 Å². The first-order chi connectivity index (χ1) is 29.9. The monoisotopic (exact) mass is 954 g/mol. The fourth-order valence-electron chi connectivity index (χ4n) is 7.61. The summed E-state index contributed by atoms with van der Waals surface area (Å²) in [7, 11) is -6.52. The molecule has 1 unspecified atom stereocenters. The Morgan fingerprint density at radius 2 is 1.42 bits per heavy atom. The maximum atomic E-state index is 14.5. The highest BCUT2D eigenvalue weighted by atomic mass is 32.2. The molecule has 0 bridgehead atoms. The van der Waals surface area contributed by atoms with Crippen molar-refractivity contribution in [2.24, 2.45) is 0 Å². The van der Waals surface area contributed by atoms with E-state index in [1.807, 2.05) is 55.4 Å². The van der Waals surface area contributed by atoms with Crippen LogP contribution in [0.1, 0.15) is 101 Å². The van der Waals surface area contributed by atoms with Crippen molar-refractivity contribution >= 4 is 63.9 Å². The quantitative estimate of drug-likeness (QED) is 0.0618. The average molecular weight is 955 g/mol. The summed E-state index contributed by atoms with van der Waals surface area (Å²) in [5, 5.41) is 23.4. The van der Waals surface area contributed by atoms with Crippen LogP contribution in [-0.4, -0.2) is 103 Å². The predicted octanol–water partition coefficient (Wildman–Crippen LogP) is 5.81. The number of nitro benzene ring substituents is 2. The van der Waals surface area contributed by atoms with E-state index in [2.05, 4.69) is 0 Å². The van der Waals surface area contributed by atoms with Gasteiger partial charge in [0.05, 0.1) is 42.0 Å². The molecule has 1 aromatic heterocycles. The van der Waals surface area contributed by atoms with Crippen molar-refractivity contribution in [1.29, 1.82) is 0 Å². The molecule has 5 atom stereocenters. The Morgan fingerprint density at radius 3 is 1.97 bits per heavy atom. The molecule has 4 rings (SSSR count). The molecule has 0 amide bonds. The summed E-state index contributed by atoms with van der Waals surface area (Å²) in [4.78, 5) is 98.1. The number of Topliss-reactive ketones (excluding diaryl/α,β-unsaturated/α-hetero) is 2. The van der Waals surface area contributed by atoms with Gasteiger partial charge in [-0.05, 0) is 42.1 Å². The number of aromatic nitrogens is 2. The topological polar surface area (TPSA) is 263 Å². The minimum Gasteiger partial charge on any atom is -0.462 e. The Labute approximate surface area is 376 Å². The second-order valence-electron chi connectivity index (χ2n) is 17.0. The fraction of sp³-hybridized carbons (Fsp3) is 0.650. The first-order valence-electron chi connectivity index (χ1n) is 21.0. The summed E-state index contributed by atoms with van der Waals surface area (Å²) < 4.78 is 47.4. The highest BCUT2D eigenvalue weighted by molar-refractivity contribution is 7.98. The van der Waals surface area contributed by atoms with Gasteiger partial charge in [-0.3, -0.25) is 39.2 Å². The maximum absolute atomic E-state index is 14.5. The van der Waals surface area contributed by atoms with E-state index in [0.29, 0.717) is 15.9 Å². The molecule has 64 heavy (non-hydrogen) atoms. The zero-order valence-electron chi connectivity index (χ0n) is 37.7. The van der Waals surface area contributed by atoms with Crippen LogP contribution in [0.2, 0.25) is 22.2 Å². The first kappa shape index (κ1) is 52.2. The van der Waals surface area contributed by atoms with Gasteiger partial charge in [0.2, 0.25) is 0 Å². The van der Waals surface area contributed by atoms with Gasteiger partial charge in [-0.2, -0.15) is 3.97 Å². The standard InChI is InChI=1S/C40H58N4O17SSi2/c1-23(2)63(24(3)4)57-22-32-37(60-64(61-63,25(5)6)26(7)8)38(56-21-30(58-36(49)16-12-28(10)46)20-55-35(48)15-11-27(9)45)39(59-32)41-18-17-34(47)42(40(41)50)62-33-14-13-29(43(51)52)19-31(33)44(53)54/h13-14,17-19,23-26,30,32,37-39H,11-12,15-16,20-22H2,1-10H3/t30?,32-,37-,38+,39-/m1/s1. The summed E-state index contributed by atoms with van der Waals surface area (Å²) in [6.07, 6.45) is -5.44. The number of carbonyl (C=O) groups excluding carboxylic acids is 4. The van der Waals surface area contributed by atoms with Gasteiger partial charge in [0.1, 0.15) is 41.4 Å². The van der Waals surface area contributed by atoms with Crippen LogP contribution in [0.15, 0.2) is 44.9 Å². The number of hydrogen-bond acceptors (Lipinski definition) is 18. The minimum atomic E-state index is -3.40. The third-order valence-electron chi connectivity index (χ3n) is 11.0. The number of benzene rings is 1. The molecule has 21 nitrogen and oxygen atoms in total. The minimum absolute atomic E-state index is 0.0375. The molecule has 2 fully saturated rings. The van der Waals surface area contributed by atoms with Crippen molar-refractivity contribution in [2.75, 3.05) is 19.8 Å². The van der Waals surface area contributed by atoms with Crippen LogP contribution in [0.4, 0.5) is 11.4 Å². The van der Waals surface area contributed by atoms with Crippen LogP contribution in [0.5, 0.6) is 0 Å². The Hall–Kier alpha value is -4.44. The average Bonchev–Trinajstić information content (AvgIpc) is 3.53. The van der Waals surface area contributed by atoms with Crippen LogP contribution in [0.3, 0.4) is 0 Å². The zero-order valence-corrected chi connectivity index (χ0v) is 40.5. The normalized spacial score (nSPS) is 21.0. The second-order valence-corrected chi connectivity index (χ2v) is 26.8. The number of ether oxygens (including phenoxy) is 4. The number of non-ortho nitro benzene ring substituents is 1. The van der Waals surface area contributed by atoms with Gasteiger partial charge >= 0.3 is 34.8 Å². The maximum Gasteiger partial charge on any atom is 0.343 e. The number of hydrogen-bond donors (Lipinski definition) is 0. The van der Waals surface area contributed by atoms with Gasteiger partial charge in [0.15, 0.2) is 12.3 Å². The second kappa shape index (κ2) is 22.2. The molecule has 0 aliphatic carbocycles. The van der Waals surface area contributed by atoms with Crippen molar-refractivity contribution in [2.45, 2.75) is 153 Å². The Kier molecular flexibility index (Phi) is 18.1. The highest BCUT2D eigenvalue weighted by Crippen LogP contribution is 2.49. The molecule has 3 heterocycles. The van der Waals surface area contributed by atoms with Crippen molar-refractivity contribution in [3.8, 4) is 0 Å². The summed E-state index contributed by atoms with van der Waals surface area (Å²) in [5.41, 5.74) is -3.61. The fourth-order valence-corrected chi connectivity index (χ4v) is 19.7. The Morgan fingerprint density at radius 1 is 0.828 bits per heavy atom. The van der Waals surface area contributed by atoms with Crippen LogP contribution in [0.25, 0.3) is 0 Å². The van der Waals surface area contributed by atoms with E-state index < -0.39 is 105 Å². The molecule has 0 saturated carbocycles. The van der Waals surface area contributed by atoms with E-state index in [1.54, 1.807) is 0 Å². The van der Waals surface area contributed by atoms with Crippen molar-refractivity contribution in [3.63, 3.8) is 0 Å². The highest BCUT2D eigenvalue weighted by Gasteiger charge is 2.62. The summed E-state index contributed by atoms with van der Waals surface area (Å²) >= 11 is 0.378. The van der Waals surface area contributed by atoms with Gasteiger partial charge in [0, 0.05) is 43.1 Å². The molecule has 24 heteroatoms. The number of nitrogens with zero attached hydrogens (tertiary/aromatic N) is 4. The number of fused-ring (bicyclic) bond motifs is 1. The zero-order chi connectivity index (χ0) is 47.8. The lowest BCUT2D eigenvalue weighted by molar-refractivity contribution is -0.396. The van der Waals surface area contributed by atoms with Gasteiger partial charge in [-0.1, -0.05) is 55.4 Å². The molecule has 2 aliphatic rings. The summed E-state index contributed by atoms with van der Waals surface area (Å²) in [6.45, 7) is 17.7. The molecular formula is C40H58N4O17SSi2. The number of carbonyl (C=O) groups is 4. The van der Waals surface area contributed by atoms with Gasteiger partial charge in [0.25, 0.3) is 16.9 Å². The van der Waals surface area contributed by atoms with Crippen LogP contribution < -0.4 is 11.2 Å². The van der Waals surface area contributed by atoms with Crippen molar-refractivity contribution < 1.29 is 60.9 Å². The molecular weight excluding hydrogens is 897 g/mol. The third-order valence-corrected chi connectivity index (χ3v) is 22.3. The molecule has 2 aliphatic heterocycles. The van der Waals surface area contributed by atoms with Gasteiger partial charge < -0.3 is 41.5 Å². The molecule has 1 aromatic carbocycles. The number of esters is 2. The molecule has 0 N–H and O–H groups in total.